The van der Waals surface area contributed by atoms with Crippen molar-refractivity contribution in [2.75, 3.05) is 0 Å². The molecule has 1 aromatic carbocycles. The smallest absolute Gasteiger partial charge is 0.223 e. The molecule has 3 aromatic rings. The topological polar surface area (TPSA) is 59.9 Å². The molecule has 7 heteroatoms. The number of nitrogens with zero attached hydrogens (tertiary/aromatic N) is 3. The third-order valence-electron chi connectivity index (χ3n) is 3.73. The first-order chi connectivity index (χ1) is 12.6. The first-order valence-electron chi connectivity index (χ1n) is 8.17. The molecule has 0 radical (unpaired) electrons. The van der Waals surface area contributed by atoms with Crippen molar-refractivity contribution in [1.29, 1.82) is 0 Å². The lowest BCUT2D eigenvalue weighted by molar-refractivity contribution is 0.436. The summed E-state index contributed by atoms with van der Waals surface area (Å²) in [6, 6.07) is 7.20. The van der Waals surface area contributed by atoms with E-state index in [0.29, 0.717) is 12.4 Å². The van der Waals surface area contributed by atoms with Crippen LogP contribution in [0.25, 0.3) is 0 Å². The van der Waals surface area contributed by atoms with Gasteiger partial charge in [-0.15, -0.1) is 0 Å². The van der Waals surface area contributed by atoms with Crippen molar-refractivity contribution in [2.45, 2.75) is 25.9 Å². The summed E-state index contributed by atoms with van der Waals surface area (Å²) < 4.78 is 32.0. The fraction of sp³-hybridized carbons (Fsp3) is 0.211. The summed E-state index contributed by atoms with van der Waals surface area (Å²) in [4.78, 5) is 12.5. The molecule has 0 bridgehead atoms. The number of nitrogens with one attached hydrogen (secondary N) is 1. The molecule has 134 valence electrons. The molecule has 1 N–H and O–H groups in total. The first-order valence-corrected chi connectivity index (χ1v) is 8.17. The van der Waals surface area contributed by atoms with Gasteiger partial charge in [-0.05, 0) is 25.1 Å². The number of benzene rings is 1. The molecule has 0 saturated carbocycles. The summed E-state index contributed by atoms with van der Waals surface area (Å²) in [6.45, 7) is 2.55. The summed E-state index contributed by atoms with van der Waals surface area (Å²) in [7, 11) is 0. The Morgan fingerprint density at radius 1 is 1.08 bits per heavy atom. The summed E-state index contributed by atoms with van der Waals surface area (Å²) in [5.41, 5.74) is 1.71. The van der Waals surface area contributed by atoms with E-state index in [9.17, 15) is 8.78 Å². The molecular weight excluding hydrogens is 338 g/mol. The molecule has 3 rings (SSSR count). The third-order valence-corrected chi connectivity index (χ3v) is 3.73. The Bertz CT molecular complexity index is 861. The fourth-order valence-corrected chi connectivity index (χ4v) is 2.41. The fourth-order valence-electron chi connectivity index (χ4n) is 2.41. The monoisotopic (exact) mass is 356 g/mol. The largest absolute Gasteiger partial charge is 0.439 e. The van der Waals surface area contributed by atoms with Gasteiger partial charge in [-0.3, -0.25) is 9.97 Å². The molecule has 2 aromatic heterocycles. The Labute approximate surface area is 150 Å². The van der Waals surface area contributed by atoms with Gasteiger partial charge in [-0.1, -0.05) is 6.07 Å². The molecule has 5 nitrogen and oxygen atoms in total. The van der Waals surface area contributed by atoms with Gasteiger partial charge < -0.3 is 10.1 Å². The van der Waals surface area contributed by atoms with Crippen LogP contribution in [0.1, 0.15) is 18.2 Å². The lowest BCUT2D eigenvalue weighted by Gasteiger charge is -2.15. The maximum Gasteiger partial charge on any atom is 0.223 e. The van der Waals surface area contributed by atoms with Crippen LogP contribution >= 0.6 is 0 Å². The van der Waals surface area contributed by atoms with Crippen molar-refractivity contribution in [3.05, 3.63) is 78.0 Å². The van der Waals surface area contributed by atoms with Crippen LogP contribution in [0.2, 0.25) is 0 Å². The van der Waals surface area contributed by atoms with Gasteiger partial charge >= 0.3 is 0 Å². The third kappa shape index (κ3) is 4.80. The molecule has 0 spiro atoms. The van der Waals surface area contributed by atoms with Crippen molar-refractivity contribution in [3.63, 3.8) is 0 Å². The van der Waals surface area contributed by atoms with E-state index in [4.69, 9.17) is 4.74 Å². The van der Waals surface area contributed by atoms with E-state index in [-0.39, 0.29) is 11.8 Å². The van der Waals surface area contributed by atoms with Crippen LogP contribution in [0, 0.1) is 11.6 Å². The average molecular weight is 356 g/mol. The summed E-state index contributed by atoms with van der Waals surface area (Å²) in [6.07, 6.45) is 7.35. The van der Waals surface area contributed by atoms with E-state index in [1.807, 2.05) is 13.0 Å². The van der Waals surface area contributed by atoms with Crippen molar-refractivity contribution in [2.24, 2.45) is 0 Å². The van der Waals surface area contributed by atoms with E-state index in [0.717, 1.165) is 29.8 Å². The van der Waals surface area contributed by atoms with E-state index in [1.54, 1.807) is 30.9 Å². The lowest BCUT2D eigenvalue weighted by atomic mass is 10.1. The van der Waals surface area contributed by atoms with Gasteiger partial charge in [0.15, 0.2) is 11.6 Å². The molecule has 0 aliphatic rings. The molecule has 0 saturated heterocycles. The number of ether oxygens (including phenoxy) is 1. The predicted molar refractivity (Wildman–Crippen MR) is 92.7 cm³/mol. The van der Waals surface area contributed by atoms with Crippen LogP contribution in [-0.4, -0.2) is 21.0 Å². The maximum absolute atomic E-state index is 13.3. The van der Waals surface area contributed by atoms with Gasteiger partial charge in [0.2, 0.25) is 5.88 Å². The Kier molecular flexibility index (Phi) is 5.80. The zero-order valence-corrected chi connectivity index (χ0v) is 14.2. The minimum atomic E-state index is -0.962. The highest BCUT2D eigenvalue weighted by Crippen LogP contribution is 2.24. The number of hydrogen-bond acceptors (Lipinski definition) is 5. The Morgan fingerprint density at radius 3 is 2.73 bits per heavy atom. The molecular formula is C19H18F2N4O. The standard InChI is InChI=1S/C19H18F2N4O/c1-13(9-15-12-22-7-8-23-15)25-11-14-3-2-6-24-19(14)26-16-4-5-17(20)18(21)10-16/h2-8,10,12-13,25H,9,11H2,1H3/t13-/m0/s1. The molecule has 0 fully saturated rings. The van der Waals surface area contributed by atoms with Gasteiger partial charge in [0.25, 0.3) is 0 Å². The minimum absolute atomic E-state index is 0.156. The predicted octanol–water partition coefficient (Wildman–Crippen LogP) is 3.66. The number of halogens is 2. The molecule has 0 unspecified atom stereocenters. The van der Waals surface area contributed by atoms with E-state index < -0.39 is 11.6 Å². The molecule has 2 heterocycles. The second-order valence-electron chi connectivity index (χ2n) is 5.83. The summed E-state index contributed by atoms with van der Waals surface area (Å²) in [5, 5.41) is 3.37. The van der Waals surface area contributed by atoms with Gasteiger partial charge in [-0.25, -0.2) is 13.8 Å². The first kappa shape index (κ1) is 17.9. The number of aromatic nitrogens is 3. The Hall–Kier alpha value is -2.93. The van der Waals surface area contributed by atoms with Crippen LogP contribution in [0.4, 0.5) is 8.78 Å². The van der Waals surface area contributed by atoms with Gasteiger partial charge in [-0.2, -0.15) is 0 Å². The van der Waals surface area contributed by atoms with Gasteiger partial charge in [0.1, 0.15) is 5.75 Å². The van der Waals surface area contributed by atoms with Crippen LogP contribution in [0.3, 0.4) is 0 Å². The van der Waals surface area contributed by atoms with Gasteiger partial charge in [0, 0.05) is 55.4 Å². The normalized spacial score (nSPS) is 12.0. The molecule has 0 aliphatic heterocycles. The highest BCUT2D eigenvalue weighted by molar-refractivity contribution is 5.32. The molecule has 0 aliphatic carbocycles. The molecule has 1 atom stereocenters. The summed E-state index contributed by atoms with van der Waals surface area (Å²) >= 11 is 0. The summed E-state index contributed by atoms with van der Waals surface area (Å²) in [5.74, 6) is -1.34. The van der Waals surface area contributed by atoms with Crippen molar-refractivity contribution in [1.82, 2.24) is 20.3 Å². The molecule has 0 amide bonds. The maximum atomic E-state index is 13.3. The van der Waals surface area contributed by atoms with E-state index >= 15 is 0 Å². The lowest BCUT2D eigenvalue weighted by Crippen LogP contribution is -2.28. The van der Waals surface area contributed by atoms with Crippen molar-refractivity contribution in [3.8, 4) is 11.6 Å². The Morgan fingerprint density at radius 2 is 1.96 bits per heavy atom. The van der Waals surface area contributed by atoms with Gasteiger partial charge in [0.05, 0.1) is 5.69 Å². The van der Waals surface area contributed by atoms with E-state index in [1.165, 1.54) is 6.07 Å². The van der Waals surface area contributed by atoms with Crippen LogP contribution in [0.15, 0.2) is 55.1 Å². The van der Waals surface area contributed by atoms with E-state index in [2.05, 4.69) is 20.3 Å². The molecule has 26 heavy (non-hydrogen) atoms. The Balaban J connectivity index is 1.64. The second kappa shape index (κ2) is 8.44. The zero-order valence-electron chi connectivity index (χ0n) is 14.2. The second-order valence-corrected chi connectivity index (χ2v) is 5.83. The van der Waals surface area contributed by atoms with Crippen LogP contribution in [-0.2, 0) is 13.0 Å². The number of hydrogen-bond donors (Lipinski definition) is 1. The average Bonchev–Trinajstić information content (AvgIpc) is 2.65. The number of pyridine rings is 1. The van der Waals surface area contributed by atoms with Crippen molar-refractivity contribution < 1.29 is 13.5 Å². The number of rotatable bonds is 7. The van der Waals surface area contributed by atoms with Crippen molar-refractivity contribution >= 4 is 0 Å². The highest BCUT2D eigenvalue weighted by atomic mass is 19.2. The quantitative estimate of drug-likeness (QED) is 0.700. The SMILES string of the molecule is C[C@@H](Cc1cnccn1)NCc1cccnc1Oc1ccc(F)c(F)c1. The van der Waals surface area contributed by atoms with Crippen LogP contribution in [0.5, 0.6) is 11.6 Å². The van der Waals surface area contributed by atoms with Crippen LogP contribution < -0.4 is 10.1 Å². The minimum Gasteiger partial charge on any atom is -0.439 e. The zero-order chi connectivity index (χ0) is 18.4. The highest BCUT2D eigenvalue weighted by Gasteiger charge is 2.11.